The van der Waals surface area contributed by atoms with Crippen LogP contribution in [0.1, 0.15) is 21.5 Å². The fourth-order valence-electron chi connectivity index (χ4n) is 3.89. The Hall–Kier alpha value is -4.61. The average molecular weight is 491 g/mol. The lowest BCUT2D eigenvalue weighted by Crippen LogP contribution is -2.13. The predicted octanol–water partition coefficient (Wildman–Crippen LogP) is 4.04. The Morgan fingerprint density at radius 3 is 2.72 bits per heavy atom. The molecule has 0 unspecified atom stereocenters. The van der Waals surface area contributed by atoms with Crippen molar-refractivity contribution in [2.45, 2.75) is 6.54 Å². The smallest absolute Gasteiger partial charge is 0.255 e. The number of rotatable bonds is 6. The zero-order chi connectivity index (χ0) is 25.1. The fourth-order valence-corrected chi connectivity index (χ4v) is 4.12. The molecular weight excluding hydrogens is 471 g/mol. The minimum absolute atomic E-state index is 0.274. The number of hydrogen-bond acceptors (Lipinski definition) is 5. The van der Waals surface area contributed by atoms with Gasteiger partial charge in [0.15, 0.2) is 5.65 Å². The number of anilines is 2. The molecule has 3 aromatic carbocycles. The van der Waals surface area contributed by atoms with Crippen LogP contribution in [0.3, 0.4) is 0 Å². The zero-order valence-corrected chi connectivity index (χ0v) is 20.1. The molecule has 5 rings (SSSR count). The second kappa shape index (κ2) is 9.94. The first-order chi connectivity index (χ1) is 17.5. The van der Waals surface area contributed by atoms with E-state index in [1.165, 1.54) is 0 Å². The summed E-state index contributed by atoms with van der Waals surface area (Å²) in [5.41, 5.74) is 5.79. The highest BCUT2D eigenvalue weighted by molar-refractivity contribution is 6.36. The van der Waals surface area contributed by atoms with Crippen LogP contribution in [0.25, 0.3) is 16.9 Å². The monoisotopic (exact) mass is 490 g/mol. The van der Waals surface area contributed by atoms with Crippen LogP contribution >= 0.6 is 11.6 Å². The number of nitriles is 1. The van der Waals surface area contributed by atoms with Gasteiger partial charge in [-0.3, -0.25) is 4.79 Å². The first-order valence-corrected chi connectivity index (χ1v) is 11.6. The molecular formula is C27H20BClN6O. The van der Waals surface area contributed by atoms with Gasteiger partial charge in [-0.2, -0.15) is 14.9 Å². The number of amides is 1. The van der Waals surface area contributed by atoms with Crippen molar-refractivity contribution in [3.05, 3.63) is 107 Å². The number of aromatic nitrogens is 3. The molecule has 5 aromatic rings. The molecule has 0 aliphatic rings. The second-order valence-corrected chi connectivity index (χ2v) is 8.68. The summed E-state index contributed by atoms with van der Waals surface area (Å²) in [5.74, 6) is 0.496. The maximum Gasteiger partial charge on any atom is 0.255 e. The second-order valence-electron chi connectivity index (χ2n) is 8.27. The summed E-state index contributed by atoms with van der Waals surface area (Å²) < 4.78 is 1.77. The van der Waals surface area contributed by atoms with Crippen molar-refractivity contribution in [3.8, 4) is 17.3 Å². The van der Waals surface area contributed by atoms with Crippen LogP contribution in [0.2, 0.25) is 5.02 Å². The van der Waals surface area contributed by atoms with E-state index in [4.69, 9.17) is 21.8 Å². The first kappa shape index (κ1) is 23.2. The van der Waals surface area contributed by atoms with Crippen molar-refractivity contribution >= 4 is 48.0 Å². The van der Waals surface area contributed by atoms with Crippen LogP contribution in [0, 0.1) is 11.3 Å². The lowest BCUT2D eigenvalue weighted by Gasteiger charge is -2.13. The standard InChI is InChI=1S/C27H20BClN6O/c28-22-16-32-35-25(13-24(34-26(22)35)21-9-1-2-10-23(21)29)31-15-18-6-4-8-20(12-18)33-27(36)19-7-3-5-17(11-19)14-30/h1-13,16,31H,15,28H2,(H,33,36). The van der Waals surface area contributed by atoms with E-state index in [1.54, 1.807) is 35.0 Å². The Kier molecular flexibility index (Phi) is 6.39. The molecule has 0 fully saturated rings. The van der Waals surface area contributed by atoms with Crippen LogP contribution in [-0.2, 0) is 6.54 Å². The number of halogens is 1. The van der Waals surface area contributed by atoms with E-state index in [2.05, 4.69) is 21.8 Å². The van der Waals surface area contributed by atoms with E-state index < -0.39 is 0 Å². The van der Waals surface area contributed by atoms with Crippen molar-refractivity contribution in [2.75, 3.05) is 10.6 Å². The van der Waals surface area contributed by atoms with Gasteiger partial charge < -0.3 is 10.6 Å². The lowest BCUT2D eigenvalue weighted by molar-refractivity contribution is 0.102. The molecule has 36 heavy (non-hydrogen) atoms. The van der Waals surface area contributed by atoms with Gasteiger partial charge in [0, 0.05) is 40.6 Å². The summed E-state index contributed by atoms with van der Waals surface area (Å²) in [7, 11) is 1.97. The third-order valence-corrected chi connectivity index (χ3v) is 6.04. The number of carbonyl (C=O) groups is 1. The fraction of sp³-hybridized carbons (Fsp3) is 0.0370. The van der Waals surface area contributed by atoms with E-state index in [-0.39, 0.29) is 5.91 Å². The molecule has 2 aromatic heterocycles. The molecule has 0 aliphatic heterocycles. The maximum absolute atomic E-state index is 12.7. The van der Waals surface area contributed by atoms with Gasteiger partial charge in [-0.05, 0) is 47.4 Å². The molecule has 2 heterocycles. The summed E-state index contributed by atoms with van der Waals surface area (Å²) in [5, 5.41) is 20.5. The van der Waals surface area contributed by atoms with E-state index >= 15 is 0 Å². The Morgan fingerprint density at radius 1 is 1.06 bits per heavy atom. The van der Waals surface area contributed by atoms with Crippen LogP contribution in [0.15, 0.2) is 85.1 Å². The van der Waals surface area contributed by atoms with Crippen LogP contribution < -0.4 is 16.1 Å². The van der Waals surface area contributed by atoms with E-state index in [9.17, 15) is 4.79 Å². The number of nitrogens with zero attached hydrogens (tertiary/aromatic N) is 4. The van der Waals surface area contributed by atoms with Gasteiger partial charge in [-0.15, -0.1) is 0 Å². The Labute approximate surface area is 213 Å². The Balaban J connectivity index is 1.38. The van der Waals surface area contributed by atoms with E-state index in [0.717, 1.165) is 33.7 Å². The SMILES string of the molecule is Bc1cnn2c(NCc3cccc(NC(=O)c4cccc(C#N)c4)c3)cc(-c3ccccc3Cl)nc12. The third kappa shape index (κ3) is 4.78. The van der Waals surface area contributed by atoms with Gasteiger partial charge >= 0.3 is 0 Å². The molecule has 0 spiro atoms. The summed E-state index contributed by atoms with van der Waals surface area (Å²) in [6, 6.07) is 25.8. The van der Waals surface area contributed by atoms with Crippen molar-refractivity contribution in [1.82, 2.24) is 14.6 Å². The molecule has 2 N–H and O–H groups in total. The highest BCUT2D eigenvalue weighted by Crippen LogP contribution is 2.28. The number of hydrogen-bond donors (Lipinski definition) is 2. The molecule has 0 saturated heterocycles. The summed E-state index contributed by atoms with van der Waals surface area (Å²) >= 11 is 6.44. The molecule has 0 bridgehead atoms. The topological polar surface area (TPSA) is 95.1 Å². The molecule has 0 aliphatic carbocycles. The van der Waals surface area contributed by atoms with Gasteiger partial charge in [0.1, 0.15) is 13.7 Å². The number of fused-ring (bicyclic) bond motifs is 1. The van der Waals surface area contributed by atoms with Gasteiger partial charge in [0.2, 0.25) is 0 Å². The van der Waals surface area contributed by atoms with Crippen LogP contribution in [0.4, 0.5) is 11.5 Å². The minimum atomic E-state index is -0.274. The highest BCUT2D eigenvalue weighted by Gasteiger charge is 2.13. The van der Waals surface area contributed by atoms with Crippen molar-refractivity contribution in [2.24, 2.45) is 0 Å². The van der Waals surface area contributed by atoms with Crippen LogP contribution in [0.5, 0.6) is 0 Å². The number of nitrogens with one attached hydrogen (secondary N) is 2. The summed E-state index contributed by atoms with van der Waals surface area (Å²) in [6.45, 7) is 0.494. The normalized spacial score (nSPS) is 10.7. The largest absolute Gasteiger partial charge is 0.366 e. The van der Waals surface area contributed by atoms with Crippen molar-refractivity contribution in [1.29, 1.82) is 5.26 Å². The van der Waals surface area contributed by atoms with Gasteiger partial charge in [0.05, 0.1) is 17.3 Å². The molecule has 7 nitrogen and oxygen atoms in total. The van der Waals surface area contributed by atoms with Crippen molar-refractivity contribution in [3.63, 3.8) is 0 Å². The number of carbonyl (C=O) groups excluding carboxylic acids is 1. The van der Waals surface area contributed by atoms with E-state index in [1.807, 2.05) is 62.4 Å². The lowest BCUT2D eigenvalue weighted by atomic mass is 10.0. The predicted molar refractivity (Wildman–Crippen MR) is 144 cm³/mol. The zero-order valence-electron chi connectivity index (χ0n) is 19.4. The van der Waals surface area contributed by atoms with Crippen molar-refractivity contribution < 1.29 is 4.79 Å². The Bertz CT molecular complexity index is 1640. The van der Waals surface area contributed by atoms with Gasteiger partial charge in [0.25, 0.3) is 5.91 Å². The molecule has 0 saturated carbocycles. The van der Waals surface area contributed by atoms with Gasteiger partial charge in [-0.25, -0.2) is 4.98 Å². The third-order valence-electron chi connectivity index (χ3n) is 5.71. The molecule has 174 valence electrons. The van der Waals surface area contributed by atoms with E-state index in [0.29, 0.717) is 28.4 Å². The number of benzene rings is 3. The summed E-state index contributed by atoms with van der Waals surface area (Å²) in [4.78, 5) is 17.4. The molecule has 0 atom stereocenters. The van der Waals surface area contributed by atoms with Gasteiger partial charge in [-0.1, -0.05) is 48.0 Å². The molecule has 0 radical (unpaired) electrons. The Morgan fingerprint density at radius 2 is 1.89 bits per heavy atom. The minimum Gasteiger partial charge on any atom is -0.366 e. The quantitative estimate of drug-likeness (QED) is 0.350. The maximum atomic E-state index is 12.7. The average Bonchev–Trinajstić information content (AvgIpc) is 3.28. The first-order valence-electron chi connectivity index (χ1n) is 11.3. The molecule has 1 amide bonds. The molecule has 9 heteroatoms. The highest BCUT2D eigenvalue weighted by atomic mass is 35.5. The van der Waals surface area contributed by atoms with Crippen LogP contribution in [-0.4, -0.2) is 28.4 Å². The summed E-state index contributed by atoms with van der Waals surface area (Å²) in [6.07, 6.45) is 1.78.